The van der Waals surface area contributed by atoms with E-state index in [2.05, 4.69) is 25.3 Å². The highest BCUT2D eigenvalue weighted by Crippen LogP contribution is 2.20. The summed E-state index contributed by atoms with van der Waals surface area (Å²) in [5.74, 6) is 0.442. The minimum Gasteiger partial charge on any atom is -0.368 e. The Bertz CT molecular complexity index is 602. The lowest BCUT2D eigenvalue weighted by Gasteiger charge is -2.09. The molecule has 0 aliphatic heterocycles. The molecule has 2 heterocycles. The van der Waals surface area contributed by atoms with Gasteiger partial charge in [-0.2, -0.15) is 15.0 Å². The molecule has 0 unspecified atom stereocenters. The van der Waals surface area contributed by atoms with Crippen LogP contribution in [0.4, 0.5) is 20.7 Å². The first kappa shape index (κ1) is 14.0. The number of nitrogens with two attached hydrogens (primary N) is 1. The topological polar surface area (TPSA) is 89.6 Å². The highest BCUT2D eigenvalue weighted by molar-refractivity contribution is 5.53. The van der Waals surface area contributed by atoms with Crippen molar-refractivity contribution in [3.63, 3.8) is 0 Å². The fourth-order valence-corrected chi connectivity index (χ4v) is 1.53. The maximum atomic E-state index is 12.6. The van der Waals surface area contributed by atoms with Crippen LogP contribution in [-0.2, 0) is 0 Å². The van der Waals surface area contributed by atoms with Crippen molar-refractivity contribution in [3.8, 4) is 11.5 Å². The van der Waals surface area contributed by atoms with Crippen LogP contribution in [-0.4, -0.2) is 26.0 Å². The summed E-state index contributed by atoms with van der Waals surface area (Å²) in [6.07, 6.45) is -2.65. The van der Waals surface area contributed by atoms with Crippen molar-refractivity contribution >= 4 is 11.9 Å². The van der Waals surface area contributed by atoms with Gasteiger partial charge in [-0.25, -0.2) is 13.8 Å². The fourth-order valence-electron chi connectivity index (χ4n) is 1.53. The Morgan fingerprint density at radius 1 is 1.10 bits per heavy atom. The van der Waals surface area contributed by atoms with Gasteiger partial charge in [0.1, 0.15) is 11.4 Å². The Morgan fingerprint density at radius 2 is 1.85 bits per heavy atom. The predicted octanol–water partition coefficient (Wildman–Crippen LogP) is 2.27. The van der Waals surface area contributed by atoms with Crippen molar-refractivity contribution in [2.45, 2.75) is 26.3 Å². The van der Waals surface area contributed by atoms with Crippen LogP contribution in [0.2, 0.25) is 0 Å². The number of nitrogen functional groups attached to an aromatic ring is 1. The molecule has 0 radical (unpaired) electrons. The van der Waals surface area contributed by atoms with Crippen molar-refractivity contribution in [1.29, 1.82) is 0 Å². The second-order valence-electron chi connectivity index (χ2n) is 4.39. The van der Waals surface area contributed by atoms with Crippen LogP contribution < -0.4 is 11.1 Å². The molecule has 0 fully saturated rings. The molecule has 0 aliphatic carbocycles. The molecule has 0 spiro atoms. The number of rotatable bonds is 4. The molecule has 2 rings (SSSR count). The number of hydrogen-bond donors (Lipinski definition) is 2. The van der Waals surface area contributed by atoms with Gasteiger partial charge in [0.05, 0.1) is 0 Å². The average Bonchev–Trinajstić information content (AvgIpc) is 2.37. The van der Waals surface area contributed by atoms with Gasteiger partial charge < -0.3 is 11.1 Å². The van der Waals surface area contributed by atoms with Crippen LogP contribution in [0.5, 0.6) is 0 Å². The fraction of sp³-hybridized carbons (Fsp3) is 0.333. The molecular weight excluding hydrogens is 266 g/mol. The molecule has 6 nitrogen and oxygen atoms in total. The third-order valence-electron chi connectivity index (χ3n) is 2.29. The van der Waals surface area contributed by atoms with Crippen LogP contribution in [0.25, 0.3) is 11.5 Å². The highest BCUT2D eigenvalue weighted by Gasteiger charge is 2.13. The van der Waals surface area contributed by atoms with E-state index in [1.807, 2.05) is 13.8 Å². The van der Waals surface area contributed by atoms with Gasteiger partial charge >= 0.3 is 0 Å². The molecule has 20 heavy (non-hydrogen) atoms. The molecule has 0 atom stereocenters. The molecule has 2 aromatic rings. The number of halogens is 2. The van der Waals surface area contributed by atoms with E-state index in [0.717, 1.165) is 0 Å². The van der Waals surface area contributed by atoms with Gasteiger partial charge in [-0.05, 0) is 26.0 Å². The lowest BCUT2D eigenvalue weighted by molar-refractivity contribution is 0.146. The number of alkyl halides is 2. The molecule has 0 saturated heterocycles. The normalized spacial score (nSPS) is 11.1. The van der Waals surface area contributed by atoms with Gasteiger partial charge in [0.25, 0.3) is 6.43 Å². The third kappa shape index (κ3) is 3.34. The summed E-state index contributed by atoms with van der Waals surface area (Å²) in [5.41, 5.74) is 5.48. The minimum absolute atomic E-state index is 0.00222. The monoisotopic (exact) mass is 280 g/mol. The molecule has 2 aromatic heterocycles. The summed E-state index contributed by atoms with van der Waals surface area (Å²) in [6.45, 7) is 3.82. The van der Waals surface area contributed by atoms with Gasteiger partial charge in [0.2, 0.25) is 11.9 Å². The molecule has 0 bridgehead atoms. The number of hydrogen-bond acceptors (Lipinski definition) is 6. The van der Waals surface area contributed by atoms with Gasteiger partial charge in [-0.1, -0.05) is 6.07 Å². The van der Waals surface area contributed by atoms with Crippen LogP contribution >= 0.6 is 0 Å². The van der Waals surface area contributed by atoms with E-state index in [1.165, 1.54) is 12.1 Å². The second kappa shape index (κ2) is 5.72. The molecule has 8 heteroatoms. The summed E-state index contributed by atoms with van der Waals surface area (Å²) < 4.78 is 25.3. The van der Waals surface area contributed by atoms with Crippen molar-refractivity contribution in [3.05, 3.63) is 23.9 Å². The van der Waals surface area contributed by atoms with Gasteiger partial charge in [-0.15, -0.1) is 0 Å². The summed E-state index contributed by atoms with van der Waals surface area (Å²) in [5, 5.41) is 2.97. The standard InChI is InChI=1S/C12H14F2N6/c1-6(2)16-12-19-10(18-11(15)20-12)8-5-3-4-7(17-8)9(13)14/h3-6,9H,1-2H3,(H3,15,16,18,19,20). The second-order valence-corrected chi connectivity index (χ2v) is 4.39. The van der Waals surface area contributed by atoms with Crippen LogP contribution in [0.1, 0.15) is 26.0 Å². The zero-order valence-corrected chi connectivity index (χ0v) is 11.0. The zero-order chi connectivity index (χ0) is 14.7. The number of nitrogens with zero attached hydrogens (tertiary/aromatic N) is 4. The summed E-state index contributed by atoms with van der Waals surface area (Å²) in [4.78, 5) is 15.8. The SMILES string of the molecule is CC(C)Nc1nc(N)nc(-c2cccc(C(F)F)n2)n1. The quantitative estimate of drug-likeness (QED) is 0.893. The van der Waals surface area contributed by atoms with Gasteiger partial charge in [0, 0.05) is 6.04 Å². The molecule has 0 amide bonds. The highest BCUT2D eigenvalue weighted by atomic mass is 19.3. The largest absolute Gasteiger partial charge is 0.368 e. The first-order valence-corrected chi connectivity index (χ1v) is 5.99. The molecule has 0 aromatic carbocycles. The minimum atomic E-state index is -2.65. The van der Waals surface area contributed by atoms with Crippen LogP contribution in [0.15, 0.2) is 18.2 Å². The number of nitrogens with one attached hydrogen (secondary N) is 1. The van der Waals surface area contributed by atoms with E-state index in [9.17, 15) is 8.78 Å². The van der Waals surface area contributed by atoms with Crippen molar-refractivity contribution < 1.29 is 8.78 Å². The Kier molecular flexibility index (Phi) is 4.02. The van der Waals surface area contributed by atoms with E-state index in [1.54, 1.807) is 6.07 Å². The van der Waals surface area contributed by atoms with E-state index in [4.69, 9.17) is 5.73 Å². The van der Waals surface area contributed by atoms with E-state index in [0.29, 0.717) is 0 Å². The molecule has 0 saturated carbocycles. The predicted molar refractivity (Wildman–Crippen MR) is 71.2 cm³/mol. The summed E-state index contributed by atoms with van der Waals surface area (Å²) >= 11 is 0. The van der Waals surface area contributed by atoms with Gasteiger partial charge in [0.15, 0.2) is 5.82 Å². The van der Waals surface area contributed by atoms with Crippen molar-refractivity contribution in [2.24, 2.45) is 0 Å². The number of pyridine rings is 1. The van der Waals surface area contributed by atoms with E-state index in [-0.39, 0.29) is 35.2 Å². The Hall–Kier alpha value is -2.38. The maximum absolute atomic E-state index is 12.6. The smallest absolute Gasteiger partial charge is 0.280 e. The summed E-state index contributed by atoms with van der Waals surface area (Å²) in [7, 11) is 0. The van der Waals surface area contributed by atoms with E-state index >= 15 is 0 Å². The van der Waals surface area contributed by atoms with E-state index < -0.39 is 6.43 Å². The van der Waals surface area contributed by atoms with Crippen molar-refractivity contribution in [2.75, 3.05) is 11.1 Å². The molecule has 0 aliphatic rings. The van der Waals surface area contributed by atoms with Crippen LogP contribution in [0, 0.1) is 0 Å². The van der Waals surface area contributed by atoms with Gasteiger partial charge in [-0.3, -0.25) is 0 Å². The maximum Gasteiger partial charge on any atom is 0.280 e. The lowest BCUT2D eigenvalue weighted by atomic mass is 10.3. The van der Waals surface area contributed by atoms with Crippen molar-refractivity contribution in [1.82, 2.24) is 19.9 Å². The molecule has 3 N–H and O–H groups in total. The summed E-state index contributed by atoms with van der Waals surface area (Å²) in [6, 6.07) is 4.36. The lowest BCUT2D eigenvalue weighted by Crippen LogP contribution is -2.14. The molecular formula is C12H14F2N6. The van der Waals surface area contributed by atoms with Crippen LogP contribution in [0.3, 0.4) is 0 Å². The Balaban J connectivity index is 2.41. The third-order valence-corrected chi connectivity index (χ3v) is 2.29. The first-order chi connectivity index (χ1) is 9.45. The Labute approximate surface area is 114 Å². The average molecular weight is 280 g/mol. The molecule has 106 valence electrons. The Morgan fingerprint density at radius 3 is 2.50 bits per heavy atom. The number of aromatic nitrogens is 4. The zero-order valence-electron chi connectivity index (χ0n) is 11.0. The first-order valence-electron chi connectivity index (χ1n) is 5.99. The number of anilines is 2.